The number of benzene rings is 3. The molecule has 198 valence electrons. The second-order valence-corrected chi connectivity index (χ2v) is 13.4. The third kappa shape index (κ3) is 5.19. The second kappa shape index (κ2) is 9.81. The number of nitrogens with one attached hydrogen (secondary N) is 3. The molecule has 1 saturated heterocycles. The summed E-state index contributed by atoms with van der Waals surface area (Å²) in [5.74, 6) is -0.100. The molecule has 1 amide bonds. The first-order valence-electron chi connectivity index (χ1n) is 11.8. The van der Waals surface area contributed by atoms with Crippen LogP contribution < -0.4 is 9.44 Å². The molecular formula is C26H25ClN4O5S2. The van der Waals surface area contributed by atoms with Crippen molar-refractivity contribution in [2.75, 3.05) is 0 Å². The molecule has 0 bridgehead atoms. The fraction of sp³-hybridized carbons (Fsp3) is 0.231. The van der Waals surface area contributed by atoms with Crippen LogP contribution >= 0.6 is 11.6 Å². The minimum Gasteiger partial charge on any atom is -0.341 e. The van der Waals surface area contributed by atoms with E-state index in [9.17, 15) is 21.6 Å². The molecule has 12 heteroatoms. The van der Waals surface area contributed by atoms with E-state index >= 15 is 0 Å². The van der Waals surface area contributed by atoms with Crippen LogP contribution in [0, 0.1) is 13.8 Å². The normalized spacial score (nSPS) is 18.0. The Morgan fingerprint density at radius 3 is 2.50 bits per heavy atom. The van der Waals surface area contributed by atoms with Crippen LogP contribution in [0.3, 0.4) is 0 Å². The molecule has 0 aliphatic carbocycles. The van der Waals surface area contributed by atoms with Gasteiger partial charge in [0.05, 0.1) is 28.4 Å². The van der Waals surface area contributed by atoms with Crippen molar-refractivity contribution >= 4 is 48.6 Å². The number of amides is 1. The van der Waals surface area contributed by atoms with Crippen LogP contribution in [0.15, 0.2) is 65.6 Å². The van der Waals surface area contributed by atoms with Gasteiger partial charge in [0.1, 0.15) is 11.1 Å². The van der Waals surface area contributed by atoms with Gasteiger partial charge in [-0.25, -0.2) is 26.5 Å². The number of para-hydroxylation sites is 2. The van der Waals surface area contributed by atoms with Crippen LogP contribution in [-0.4, -0.2) is 32.7 Å². The zero-order chi connectivity index (χ0) is 27.2. The Hall–Kier alpha value is -3.25. The zero-order valence-corrected chi connectivity index (χ0v) is 22.9. The summed E-state index contributed by atoms with van der Waals surface area (Å²) in [7, 11) is -7.76. The summed E-state index contributed by atoms with van der Waals surface area (Å²) >= 11 is 6.19. The number of rotatable bonds is 7. The Kier molecular flexibility index (Phi) is 6.80. The predicted molar refractivity (Wildman–Crippen MR) is 145 cm³/mol. The van der Waals surface area contributed by atoms with Crippen LogP contribution in [0.1, 0.15) is 45.8 Å². The third-order valence-corrected chi connectivity index (χ3v) is 10.2. The van der Waals surface area contributed by atoms with E-state index in [4.69, 9.17) is 11.6 Å². The highest BCUT2D eigenvalue weighted by Gasteiger charge is 2.38. The molecule has 1 aliphatic rings. The number of imidazole rings is 1. The van der Waals surface area contributed by atoms with E-state index < -0.39 is 37.2 Å². The maximum absolute atomic E-state index is 13.4. The van der Waals surface area contributed by atoms with Gasteiger partial charge in [0.25, 0.3) is 0 Å². The lowest BCUT2D eigenvalue weighted by Gasteiger charge is -2.19. The number of halogens is 1. The number of carbonyl (C=O) groups is 1. The summed E-state index contributed by atoms with van der Waals surface area (Å²) in [6.07, 6.45) is 0.0946. The van der Waals surface area contributed by atoms with Crippen molar-refractivity contribution in [3.8, 4) is 0 Å². The molecule has 3 aromatic carbocycles. The molecule has 0 radical (unpaired) electrons. The topological polar surface area (TPSA) is 138 Å². The van der Waals surface area contributed by atoms with E-state index in [1.807, 2.05) is 29.0 Å². The summed E-state index contributed by atoms with van der Waals surface area (Å²) < 4.78 is 56.3. The molecular weight excluding hydrogens is 548 g/mol. The van der Waals surface area contributed by atoms with Gasteiger partial charge in [-0.3, -0.25) is 9.52 Å². The van der Waals surface area contributed by atoms with E-state index in [1.165, 1.54) is 12.1 Å². The van der Waals surface area contributed by atoms with Crippen molar-refractivity contribution in [3.63, 3.8) is 0 Å². The van der Waals surface area contributed by atoms with Crippen LogP contribution in [0.5, 0.6) is 0 Å². The highest BCUT2D eigenvalue weighted by Crippen LogP contribution is 2.33. The molecule has 2 atom stereocenters. The summed E-state index contributed by atoms with van der Waals surface area (Å²) in [5, 5.41) is -0.616. The van der Waals surface area contributed by atoms with Gasteiger partial charge in [-0.15, -0.1) is 0 Å². The monoisotopic (exact) mass is 572 g/mol. The number of aryl methyl sites for hydroxylation is 2. The van der Waals surface area contributed by atoms with E-state index in [1.54, 1.807) is 38.1 Å². The Labute approximate surface area is 225 Å². The molecule has 1 aliphatic heterocycles. The molecule has 1 aromatic heterocycles. The third-order valence-electron chi connectivity index (χ3n) is 6.61. The molecule has 0 spiro atoms. The summed E-state index contributed by atoms with van der Waals surface area (Å²) in [5.41, 5.74) is 4.19. The summed E-state index contributed by atoms with van der Waals surface area (Å²) in [6.45, 7) is 3.56. The average Bonchev–Trinajstić information content (AvgIpc) is 3.39. The van der Waals surface area contributed by atoms with E-state index in [-0.39, 0.29) is 17.7 Å². The van der Waals surface area contributed by atoms with E-state index in [0.29, 0.717) is 27.5 Å². The molecule has 4 aromatic rings. The predicted octanol–water partition coefficient (Wildman–Crippen LogP) is 3.99. The van der Waals surface area contributed by atoms with Gasteiger partial charge in [-0.05, 0) is 66.8 Å². The van der Waals surface area contributed by atoms with Gasteiger partial charge in [0.15, 0.2) is 0 Å². The quantitative estimate of drug-likeness (QED) is 0.306. The first-order chi connectivity index (χ1) is 17.9. The molecule has 2 heterocycles. The average molecular weight is 573 g/mol. The number of aromatic nitrogens is 2. The van der Waals surface area contributed by atoms with Crippen molar-refractivity contribution in [1.82, 2.24) is 19.4 Å². The number of H-pyrrole nitrogens is 1. The number of sulfonamides is 2. The second-order valence-electron chi connectivity index (χ2n) is 9.38. The minimum absolute atomic E-state index is 0.0318. The van der Waals surface area contributed by atoms with Gasteiger partial charge >= 0.3 is 0 Å². The van der Waals surface area contributed by atoms with E-state index in [2.05, 4.69) is 14.7 Å². The highest BCUT2D eigenvalue weighted by atomic mass is 35.5. The number of aromatic amines is 1. The molecule has 3 N–H and O–H groups in total. The Bertz CT molecular complexity index is 1750. The number of hydrogen-bond donors (Lipinski definition) is 3. The lowest BCUT2D eigenvalue weighted by Crippen LogP contribution is -2.31. The fourth-order valence-corrected chi connectivity index (χ4v) is 7.60. The van der Waals surface area contributed by atoms with Gasteiger partial charge in [-0.1, -0.05) is 48.0 Å². The lowest BCUT2D eigenvalue weighted by molar-refractivity contribution is -0.118. The molecule has 38 heavy (non-hydrogen) atoms. The standard InChI is InChI=1S/C26H25ClN4O5S2/c1-15-7-9-18(13-20(15)27)37(33,34)30-23(26-28-21-5-3-4-6-22(21)29-26)12-17-8-10-19(16(2)11-17)24-14-25(32)31-38(24,35)36/h3-11,13,23-24,30H,12,14H2,1-2H3,(H,28,29)(H,31,32)/t23-,24?/m0/s1. The summed E-state index contributed by atoms with van der Waals surface area (Å²) in [6, 6.07) is 16.4. The fourth-order valence-electron chi connectivity index (χ4n) is 4.62. The largest absolute Gasteiger partial charge is 0.341 e. The molecule has 1 fully saturated rings. The van der Waals surface area contributed by atoms with Gasteiger partial charge in [0.2, 0.25) is 26.0 Å². The minimum atomic E-state index is -3.98. The Morgan fingerprint density at radius 1 is 1.08 bits per heavy atom. The smallest absolute Gasteiger partial charge is 0.242 e. The highest BCUT2D eigenvalue weighted by molar-refractivity contribution is 7.90. The van der Waals surface area contributed by atoms with Gasteiger partial charge in [0, 0.05) is 5.02 Å². The molecule has 5 rings (SSSR count). The Balaban J connectivity index is 1.50. The first-order valence-corrected chi connectivity index (χ1v) is 15.2. The van der Waals surface area contributed by atoms with Crippen LogP contribution in [0.25, 0.3) is 11.0 Å². The van der Waals surface area contributed by atoms with Crippen LogP contribution in [0.4, 0.5) is 0 Å². The summed E-state index contributed by atoms with van der Waals surface area (Å²) in [4.78, 5) is 19.6. The van der Waals surface area contributed by atoms with Gasteiger partial charge < -0.3 is 4.98 Å². The first kappa shape index (κ1) is 26.4. The Morgan fingerprint density at radius 2 is 1.84 bits per heavy atom. The lowest BCUT2D eigenvalue weighted by atomic mass is 9.97. The van der Waals surface area contributed by atoms with Crippen molar-refractivity contribution in [2.45, 2.75) is 42.9 Å². The number of nitrogens with zero attached hydrogens (tertiary/aromatic N) is 1. The maximum Gasteiger partial charge on any atom is 0.242 e. The maximum atomic E-state index is 13.4. The number of carbonyl (C=O) groups excluding carboxylic acids is 1. The molecule has 0 saturated carbocycles. The SMILES string of the molecule is Cc1ccc(S(=O)(=O)N[C@@H](Cc2ccc(C3CC(=O)NS3(=O)=O)c(C)c2)c2nc3ccccc3[nH]2)cc1Cl. The van der Waals surface area contributed by atoms with Crippen LogP contribution in [0.2, 0.25) is 5.02 Å². The van der Waals surface area contributed by atoms with Crippen LogP contribution in [-0.2, 0) is 31.3 Å². The van der Waals surface area contributed by atoms with Crippen molar-refractivity contribution in [3.05, 3.63) is 93.8 Å². The van der Waals surface area contributed by atoms with Crippen molar-refractivity contribution in [1.29, 1.82) is 0 Å². The zero-order valence-electron chi connectivity index (χ0n) is 20.5. The molecule has 9 nitrogen and oxygen atoms in total. The number of fused-ring (bicyclic) bond motifs is 1. The van der Waals surface area contributed by atoms with Crippen molar-refractivity contribution in [2.24, 2.45) is 0 Å². The van der Waals surface area contributed by atoms with E-state index in [0.717, 1.165) is 16.6 Å². The molecule has 1 unspecified atom stereocenters. The van der Waals surface area contributed by atoms with Gasteiger partial charge in [-0.2, -0.15) is 0 Å². The number of hydrogen-bond acceptors (Lipinski definition) is 6. The van der Waals surface area contributed by atoms with Crippen molar-refractivity contribution < 1.29 is 21.6 Å².